The highest BCUT2D eigenvalue weighted by Gasteiger charge is 2.03. The molecule has 2 heterocycles. The number of hydrogen-bond donors (Lipinski definition) is 1. The molecule has 0 saturated carbocycles. The van der Waals surface area contributed by atoms with Gasteiger partial charge in [-0.15, -0.1) is 11.3 Å². The van der Waals surface area contributed by atoms with Crippen LogP contribution >= 0.6 is 11.3 Å². The molecule has 0 amide bonds. The van der Waals surface area contributed by atoms with Gasteiger partial charge in [0.25, 0.3) is 0 Å². The number of benzene rings is 1. The number of nitrogens with one attached hydrogen (secondary N) is 1. The fourth-order valence-corrected chi connectivity index (χ4v) is 2.93. The van der Waals surface area contributed by atoms with Crippen LogP contribution < -0.4 is 10.1 Å². The van der Waals surface area contributed by atoms with Crippen LogP contribution in [0.5, 0.6) is 5.75 Å². The molecule has 0 fully saturated rings. The summed E-state index contributed by atoms with van der Waals surface area (Å²) in [5.41, 5.74) is 2.31. The Morgan fingerprint density at radius 2 is 2.25 bits per heavy atom. The van der Waals surface area contributed by atoms with Crippen LogP contribution in [-0.4, -0.2) is 23.0 Å². The van der Waals surface area contributed by atoms with E-state index >= 15 is 0 Å². The lowest BCUT2D eigenvalue weighted by Crippen LogP contribution is -2.17. The second-order valence-electron chi connectivity index (χ2n) is 4.56. The topological polar surface area (TPSA) is 38.6 Å². The van der Waals surface area contributed by atoms with Gasteiger partial charge >= 0.3 is 0 Å². The van der Waals surface area contributed by atoms with Gasteiger partial charge in [-0.2, -0.15) is 0 Å². The van der Waals surface area contributed by atoms with Crippen LogP contribution in [0.15, 0.2) is 42.0 Å². The normalized spacial score (nSPS) is 11.1. The molecular weight excluding hydrogens is 270 g/mol. The molecule has 104 valence electrons. The molecule has 4 nitrogen and oxygen atoms in total. The van der Waals surface area contributed by atoms with Crippen molar-refractivity contribution in [2.24, 2.45) is 0 Å². The number of para-hydroxylation sites is 1. The molecule has 0 atom stereocenters. The van der Waals surface area contributed by atoms with Crippen molar-refractivity contribution >= 4 is 16.3 Å². The molecule has 0 bridgehead atoms. The highest BCUT2D eigenvalue weighted by Crippen LogP contribution is 2.17. The smallest absolute Gasteiger partial charge is 0.193 e. The zero-order valence-corrected chi connectivity index (χ0v) is 12.2. The summed E-state index contributed by atoms with van der Waals surface area (Å²) in [5, 5.41) is 5.47. The number of rotatable bonds is 6. The van der Waals surface area contributed by atoms with Crippen LogP contribution in [0.25, 0.3) is 4.96 Å². The third kappa shape index (κ3) is 2.84. The van der Waals surface area contributed by atoms with E-state index in [2.05, 4.69) is 27.0 Å². The Hall–Kier alpha value is -1.85. The van der Waals surface area contributed by atoms with Gasteiger partial charge in [0.1, 0.15) is 5.75 Å². The minimum atomic E-state index is 0.795. The molecule has 0 radical (unpaired) electrons. The number of imidazole rings is 1. The van der Waals surface area contributed by atoms with Gasteiger partial charge in [-0.25, -0.2) is 4.98 Å². The number of fused-ring (bicyclic) bond motifs is 1. The molecule has 0 aliphatic rings. The second kappa shape index (κ2) is 6.07. The molecule has 3 aromatic rings. The van der Waals surface area contributed by atoms with E-state index in [0.717, 1.165) is 35.9 Å². The third-order valence-corrected chi connectivity index (χ3v) is 3.98. The van der Waals surface area contributed by atoms with Crippen LogP contribution in [0.3, 0.4) is 0 Å². The Balaban J connectivity index is 1.51. The predicted molar refractivity (Wildman–Crippen MR) is 81.5 cm³/mol. The third-order valence-electron chi connectivity index (χ3n) is 3.21. The summed E-state index contributed by atoms with van der Waals surface area (Å²) in [6.07, 6.45) is 5.06. The zero-order valence-electron chi connectivity index (χ0n) is 11.4. The Kier molecular flexibility index (Phi) is 3.99. The standard InChI is InChI=1S/C15H17N3OS/c1-19-14-5-3-2-4-12(14)6-7-16-10-13-11-18-8-9-20-15(18)17-13/h2-5,8-9,11,16H,6-7,10H2,1H3. The van der Waals surface area contributed by atoms with Crippen LogP contribution in [0.2, 0.25) is 0 Å². The highest BCUT2D eigenvalue weighted by atomic mass is 32.1. The van der Waals surface area contributed by atoms with Gasteiger partial charge in [0.2, 0.25) is 0 Å². The number of ether oxygens (including phenoxy) is 1. The minimum absolute atomic E-state index is 0.795. The van der Waals surface area contributed by atoms with Crippen molar-refractivity contribution in [3.8, 4) is 5.75 Å². The number of aromatic nitrogens is 2. The van der Waals surface area contributed by atoms with Crippen molar-refractivity contribution in [3.63, 3.8) is 0 Å². The molecule has 0 aliphatic heterocycles. The van der Waals surface area contributed by atoms with Crippen molar-refractivity contribution in [2.45, 2.75) is 13.0 Å². The Bertz CT molecular complexity index is 661. The molecule has 0 spiro atoms. The maximum Gasteiger partial charge on any atom is 0.193 e. The summed E-state index contributed by atoms with van der Waals surface area (Å²) in [4.78, 5) is 5.59. The first kappa shape index (κ1) is 13.1. The lowest BCUT2D eigenvalue weighted by molar-refractivity contribution is 0.409. The fourth-order valence-electron chi connectivity index (χ4n) is 2.21. The molecule has 2 aromatic heterocycles. The molecule has 0 saturated heterocycles. The number of nitrogens with zero attached hydrogens (tertiary/aromatic N) is 2. The summed E-state index contributed by atoms with van der Waals surface area (Å²) < 4.78 is 7.41. The number of thiazole rings is 1. The van der Waals surface area contributed by atoms with E-state index < -0.39 is 0 Å². The van der Waals surface area contributed by atoms with Gasteiger partial charge in [-0.3, -0.25) is 4.40 Å². The average molecular weight is 287 g/mol. The van der Waals surface area contributed by atoms with E-state index in [1.165, 1.54) is 5.56 Å². The molecule has 1 N–H and O–H groups in total. The van der Waals surface area contributed by atoms with E-state index in [1.54, 1.807) is 18.4 Å². The summed E-state index contributed by atoms with van der Waals surface area (Å²) in [6.45, 7) is 1.70. The zero-order chi connectivity index (χ0) is 13.8. The quantitative estimate of drug-likeness (QED) is 0.709. The lowest BCUT2D eigenvalue weighted by atomic mass is 10.1. The van der Waals surface area contributed by atoms with Gasteiger partial charge in [-0.1, -0.05) is 18.2 Å². The largest absolute Gasteiger partial charge is 0.496 e. The van der Waals surface area contributed by atoms with Crippen LogP contribution in [0.4, 0.5) is 0 Å². The van der Waals surface area contributed by atoms with Crippen molar-refractivity contribution in [3.05, 3.63) is 53.3 Å². The van der Waals surface area contributed by atoms with Crippen LogP contribution in [0, 0.1) is 0 Å². The average Bonchev–Trinajstić information content (AvgIpc) is 3.05. The molecule has 20 heavy (non-hydrogen) atoms. The first-order valence-corrected chi connectivity index (χ1v) is 7.48. The highest BCUT2D eigenvalue weighted by molar-refractivity contribution is 7.15. The molecule has 5 heteroatoms. The van der Waals surface area contributed by atoms with Gasteiger partial charge in [0.15, 0.2) is 4.96 Å². The molecular formula is C15H17N3OS. The first-order chi connectivity index (χ1) is 9.86. The van der Waals surface area contributed by atoms with Crippen molar-refractivity contribution in [1.29, 1.82) is 0 Å². The molecule has 3 rings (SSSR count). The summed E-state index contributed by atoms with van der Waals surface area (Å²) in [6, 6.07) is 8.14. The van der Waals surface area contributed by atoms with E-state index in [-0.39, 0.29) is 0 Å². The Morgan fingerprint density at radius 1 is 1.35 bits per heavy atom. The van der Waals surface area contributed by atoms with Gasteiger partial charge in [0.05, 0.1) is 12.8 Å². The Morgan fingerprint density at radius 3 is 3.10 bits per heavy atom. The van der Waals surface area contributed by atoms with Gasteiger partial charge in [-0.05, 0) is 24.6 Å². The van der Waals surface area contributed by atoms with E-state index in [0.29, 0.717) is 0 Å². The van der Waals surface area contributed by atoms with Crippen LogP contribution in [0.1, 0.15) is 11.3 Å². The van der Waals surface area contributed by atoms with E-state index in [9.17, 15) is 0 Å². The molecule has 0 unspecified atom stereocenters. The molecule has 1 aromatic carbocycles. The van der Waals surface area contributed by atoms with Gasteiger partial charge in [0, 0.05) is 24.3 Å². The van der Waals surface area contributed by atoms with Crippen molar-refractivity contribution < 1.29 is 4.74 Å². The predicted octanol–water partition coefficient (Wildman–Crippen LogP) is 2.74. The maximum atomic E-state index is 5.35. The van der Waals surface area contributed by atoms with Crippen molar-refractivity contribution in [1.82, 2.24) is 14.7 Å². The first-order valence-electron chi connectivity index (χ1n) is 6.60. The monoisotopic (exact) mass is 287 g/mol. The summed E-state index contributed by atoms with van der Waals surface area (Å²) in [5.74, 6) is 0.955. The maximum absolute atomic E-state index is 5.35. The second-order valence-corrected chi connectivity index (χ2v) is 5.44. The summed E-state index contributed by atoms with van der Waals surface area (Å²) in [7, 11) is 1.71. The molecule has 0 aliphatic carbocycles. The van der Waals surface area contributed by atoms with Crippen LogP contribution in [-0.2, 0) is 13.0 Å². The minimum Gasteiger partial charge on any atom is -0.496 e. The number of methoxy groups -OCH3 is 1. The van der Waals surface area contributed by atoms with Crippen molar-refractivity contribution in [2.75, 3.05) is 13.7 Å². The van der Waals surface area contributed by atoms with E-state index in [1.807, 2.05) is 29.8 Å². The fraction of sp³-hybridized carbons (Fsp3) is 0.267. The van der Waals surface area contributed by atoms with Gasteiger partial charge < -0.3 is 10.1 Å². The summed E-state index contributed by atoms with van der Waals surface area (Å²) >= 11 is 1.66. The lowest BCUT2D eigenvalue weighted by Gasteiger charge is -2.08. The number of hydrogen-bond acceptors (Lipinski definition) is 4. The Labute approximate surface area is 122 Å². The van der Waals surface area contributed by atoms with E-state index in [4.69, 9.17) is 4.74 Å². The SMILES string of the molecule is COc1ccccc1CCNCc1cn2ccsc2n1.